The molecule has 112 valence electrons. The summed E-state index contributed by atoms with van der Waals surface area (Å²) >= 11 is 0. The number of methoxy groups -OCH3 is 1. The van der Waals surface area contributed by atoms with Crippen LogP contribution in [-0.2, 0) is 9.59 Å². The fourth-order valence-electron chi connectivity index (χ4n) is 2.80. The van der Waals surface area contributed by atoms with Crippen LogP contribution in [0.4, 0.5) is 5.69 Å². The molecule has 1 aliphatic carbocycles. The zero-order valence-corrected chi connectivity index (χ0v) is 12.7. The first-order valence-corrected chi connectivity index (χ1v) is 7.16. The number of nitrogens with zero attached hydrogens (tertiary/aromatic N) is 1. The highest BCUT2D eigenvalue weighted by atomic mass is 16.5. The lowest BCUT2D eigenvalue weighted by Gasteiger charge is -2.29. The van der Waals surface area contributed by atoms with Crippen molar-refractivity contribution in [3.63, 3.8) is 0 Å². The average Bonchev–Trinajstić information content (AvgIpc) is 2.48. The maximum Gasteiger partial charge on any atom is 0.237 e. The maximum absolute atomic E-state index is 12.6. The second-order valence-corrected chi connectivity index (χ2v) is 5.53. The highest BCUT2D eigenvalue weighted by Crippen LogP contribution is 2.31. The van der Waals surface area contributed by atoms with E-state index < -0.39 is 0 Å². The Kier molecular flexibility index (Phi) is 4.78. The molecule has 0 spiro atoms. The van der Waals surface area contributed by atoms with Crippen molar-refractivity contribution in [1.29, 1.82) is 0 Å². The second-order valence-electron chi connectivity index (χ2n) is 5.53. The third-order valence-corrected chi connectivity index (χ3v) is 4.04. The fourth-order valence-corrected chi connectivity index (χ4v) is 2.80. The average molecular weight is 287 g/mol. The standard InChI is InChI=1S/C17H21NO3/c1-12-4-9-16(13(2)10-12)17(20)18(11-19)14-5-7-15(21-3)8-6-14/h5-8,10-11,13,16H,4,9H2,1-3H3/t13-,16?/m1/s1. The molecule has 1 unspecified atom stereocenters. The van der Waals surface area contributed by atoms with Crippen molar-refractivity contribution in [2.24, 2.45) is 11.8 Å². The van der Waals surface area contributed by atoms with E-state index in [4.69, 9.17) is 4.74 Å². The molecule has 1 aromatic rings. The topological polar surface area (TPSA) is 46.6 Å². The molecule has 0 aliphatic heterocycles. The molecule has 2 rings (SSSR count). The monoisotopic (exact) mass is 287 g/mol. The molecule has 0 N–H and O–H groups in total. The largest absolute Gasteiger partial charge is 0.497 e. The number of allylic oxidation sites excluding steroid dienone is 2. The van der Waals surface area contributed by atoms with Gasteiger partial charge in [-0.25, -0.2) is 0 Å². The number of anilines is 1. The van der Waals surface area contributed by atoms with Crippen molar-refractivity contribution >= 4 is 18.0 Å². The van der Waals surface area contributed by atoms with Crippen LogP contribution >= 0.6 is 0 Å². The third-order valence-electron chi connectivity index (χ3n) is 4.04. The van der Waals surface area contributed by atoms with Gasteiger partial charge >= 0.3 is 0 Å². The molecular weight excluding hydrogens is 266 g/mol. The van der Waals surface area contributed by atoms with Crippen molar-refractivity contribution in [1.82, 2.24) is 0 Å². The zero-order valence-electron chi connectivity index (χ0n) is 12.7. The molecule has 0 saturated carbocycles. The number of hydrogen-bond donors (Lipinski definition) is 0. The van der Waals surface area contributed by atoms with Gasteiger partial charge in [0.15, 0.2) is 0 Å². The fraction of sp³-hybridized carbons (Fsp3) is 0.412. The maximum atomic E-state index is 12.6. The molecule has 0 aromatic heterocycles. The number of rotatable bonds is 4. The Balaban J connectivity index is 2.20. The molecule has 0 heterocycles. The van der Waals surface area contributed by atoms with Crippen molar-refractivity contribution in [2.45, 2.75) is 26.7 Å². The normalized spacial score (nSPS) is 21.4. The number of imide groups is 1. The number of carbonyl (C=O) groups excluding carboxylic acids is 2. The predicted molar refractivity (Wildman–Crippen MR) is 82.2 cm³/mol. The summed E-state index contributed by atoms with van der Waals surface area (Å²) in [6.45, 7) is 4.11. The summed E-state index contributed by atoms with van der Waals surface area (Å²) in [6.07, 6.45) is 4.43. The number of benzene rings is 1. The lowest BCUT2D eigenvalue weighted by molar-refractivity contribution is -0.126. The van der Waals surface area contributed by atoms with Gasteiger partial charge in [-0.05, 0) is 49.9 Å². The first-order valence-electron chi connectivity index (χ1n) is 7.16. The Morgan fingerprint density at radius 2 is 2.00 bits per heavy atom. The quantitative estimate of drug-likeness (QED) is 0.631. The highest BCUT2D eigenvalue weighted by Gasteiger charge is 2.31. The Morgan fingerprint density at radius 1 is 1.33 bits per heavy atom. The van der Waals surface area contributed by atoms with Crippen LogP contribution in [0.2, 0.25) is 0 Å². The van der Waals surface area contributed by atoms with Gasteiger partial charge in [-0.15, -0.1) is 0 Å². The lowest BCUT2D eigenvalue weighted by Crippen LogP contribution is -2.38. The minimum atomic E-state index is -0.138. The van der Waals surface area contributed by atoms with Crippen molar-refractivity contribution in [3.8, 4) is 5.75 Å². The second kappa shape index (κ2) is 6.57. The van der Waals surface area contributed by atoms with Crippen LogP contribution in [0.5, 0.6) is 5.75 Å². The molecule has 2 amide bonds. The van der Waals surface area contributed by atoms with Gasteiger partial charge in [0.05, 0.1) is 12.8 Å². The Morgan fingerprint density at radius 3 is 2.52 bits per heavy atom. The van der Waals surface area contributed by atoms with Gasteiger partial charge in [0.2, 0.25) is 12.3 Å². The van der Waals surface area contributed by atoms with Crippen molar-refractivity contribution < 1.29 is 14.3 Å². The summed E-state index contributed by atoms with van der Waals surface area (Å²) < 4.78 is 5.09. The van der Waals surface area contributed by atoms with Gasteiger partial charge in [0, 0.05) is 5.92 Å². The van der Waals surface area contributed by atoms with Crippen LogP contribution in [-0.4, -0.2) is 19.4 Å². The molecule has 0 fully saturated rings. The number of amides is 2. The van der Waals surface area contributed by atoms with Gasteiger partial charge in [-0.1, -0.05) is 18.6 Å². The Labute approximate surface area is 125 Å². The molecule has 0 bridgehead atoms. The van der Waals surface area contributed by atoms with Crippen LogP contribution < -0.4 is 9.64 Å². The van der Waals surface area contributed by atoms with Crippen LogP contribution in [0, 0.1) is 11.8 Å². The molecule has 2 atom stereocenters. The zero-order chi connectivity index (χ0) is 15.4. The van der Waals surface area contributed by atoms with Gasteiger partial charge in [-0.3, -0.25) is 14.5 Å². The minimum Gasteiger partial charge on any atom is -0.497 e. The molecule has 0 radical (unpaired) electrons. The first-order chi connectivity index (χ1) is 10.1. The minimum absolute atomic E-state index is 0.133. The molecule has 21 heavy (non-hydrogen) atoms. The number of carbonyl (C=O) groups is 2. The molecule has 4 nitrogen and oxygen atoms in total. The highest BCUT2D eigenvalue weighted by molar-refractivity contribution is 6.08. The Hall–Kier alpha value is -2.10. The van der Waals surface area contributed by atoms with Crippen LogP contribution in [0.3, 0.4) is 0 Å². The van der Waals surface area contributed by atoms with Gasteiger partial charge in [0.25, 0.3) is 0 Å². The van der Waals surface area contributed by atoms with E-state index in [1.54, 1.807) is 31.4 Å². The Bertz CT molecular complexity index is 548. The van der Waals surface area contributed by atoms with E-state index in [-0.39, 0.29) is 17.7 Å². The van der Waals surface area contributed by atoms with E-state index in [9.17, 15) is 9.59 Å². The van der Waals surface area contributed by atoms with E-state index in [0.29, 0.717) is 17.8 Å². The summed E-state index contributed by atoms with van der Waals surface area (Å²) in [7, 11) is 1.58. The molecule has 0 saturated heterocycles. The number of hydrogen-bond acceptors (Lipinski definition) is 3. The summed E-state index contributed by atoms with van der Waals surface area (Å²) in [6, 6.07) is 6.93. The molecule has 1 aromatic carbocycles. The van der Waals surface area contributed by atoms with Crippen LogP contribution in [0.15, 0.2) is 35.9 Å². The third kappa shape index (κ3) is 3.32. The predicted octanol–water partition coefficient (Wildman–Crippen LogP) is 3.18. The van der Waals surface area contributed by atoms with E-state index in [0.717, 1.165) is 12.8 Å². The van der Waals surface area contributed by atoms with Crippen molar-refractivity contribution in [2.75, 3.05) is 12.0 Å². The van der Waals surface area contributed by atoms with Gasteiger partial charge < -0.3 is 4.74 Å². The summed E-state index contributed by atoms with van der Waals surface area (Å²) in [5.41, 5.74) is 1.89. The summed E-state index contributed by atoms with van der Waals surface area (Å²) in [5, 5.41) is 0. The van der Waals surface area contributed by atoms with Crippen LogP contribution in [0.25, 0.3) is 0 Å². The van der Waals surface area contributed by atoms with E-state index >= 15 is 0 Å². The summed E-state index contributed by atoms with van der Waals surface area (Å²) in [4.78, 5) is 25.2. The van der Waals surface area contributed by atoms with E-state index in [2.05, 4.69) is 13.0 Å². The summed E-state index contributed by atoms with van der Waals surface area (Å²) in [5.74, 6) is 0.584. The molecular formula is C17H21NO3. The van der Waals surface area contributed by atoms with Crippen LogP contribution in [0.1, 0.15) is 26.7 Å². The van der Waals surface area contributed by atoms with E-state index in [1.165, 1.54) is 10.5 Å². The molecule has 1 aliphatic rings. The van der Waals surface area contributed by atoms with Gasteiger partial charge in [-0.2, -0.15) is 0 Å². The van der Waals surface area contributed by atoms with Crippen molar-refractivity contribution in [3.05, 3.63) is 35.9 Å². The first kappa shape index (κ1) is 15.3. The number of ether oxygens (including phenoxy) is 1. The lowest BCUT2D eigenvalue weighted by atomic mass is 9.81. The van der Waals surface area contributed by atoms with Gasteiger partial charge in [0.1, 0.15) is 5.75 Å². The smallest absolute Gasteiger partial charge is 0.237 e. The van der Waals surface area contributed by atoms with E-state index in [1.807, 2.05) is 6.92 Å². The molecule has 4 heteroatoms. The SMILES string of the molecule is COc1ccc(N(C=O)C(=O)C2CCC(C)=C[C@H]2C)cc1.